The van der Waals surface area contributed by atoms with Crippen LogP contribution >= 0.6 is 25.3 Å². The fourth-order valence-corrected chi connectivity index (χ4v) is 4.00. The highest BCUT2D eigenvalue weighted by Gasteiger charge is 2.40. The Bertz CT molecular complexity index is 562. The van der Waals surface area contributed by atoms with Gasteiger partial charge in [-0.2, -0.15) is 25.3 Å². The van der Waals surface area contributed by atoms with Crippen LogP contribution in [0.3, 0.4) is 0 Å². The molecule has 1 atom stereocenters. The lowest BCUT2D eigenvalue weighted by atomic mass is 10.0. The predicted octanol–water partition coefficient (Wildman–Crippen LogP) is 3.27. The van der Waals surface area contributed by atoms with E-state index < -0.39 is 4.08 Å². The van der Waals surface area contributed by atoms with Gasteiger partial charge in [0.15, 0.2) is 0 Å². The van der Waals surface area contributed by atoms with Crippen LogP contribution in [0.2, 0.25) is 0 Å². The summed E-state index contributed by atoms with van der Waals surface area (Å²) in [6, 6.07) is 8.72. The number of aromatic amines is 1. The summed E-state index contributed by atoms with van der Waals surface area (Å²) in [7, 11) is 2.16. The maximum absolute atomic E-state index is 4.88. The first kappa shape index (κ1) is 12.5. The van der Waals surface area contributed by atoms with Gasteiger partial charge in [0.1, 0.15) is 0 Å². The van der Waals surface area contributed by atoms with Gasteiger partial charge in [0.05, 0.1) is 4.08 Å². The minimum Gasteiger partial charge on any atom is -0.361 e. The first-order chi connectivity index (χ1) is 8.60. The molecule has 0 unspecified atom stereocenters. The monoisotopic (exact) mass is 278 g/mol. The minimum absolute atomic E-state index is 0.378. The van der Waals surface area contributed by atoms with Crippen LogP contribution in [0.25, 0.3) is 10.9 Å². The molecule has 2 heterocycles. The molecular weight excluding hydrogens is 260 g/mol. The van der Waals surface area contributed by atoms with Gasteiger partial charge in [-0.1, -0.05) is 18.2 Å². The van der Waals surface area contributed by atoms with Crippen molar-refractivity contribution >= 4 is 36.2 Å². The summed E-state index contributed by atoms with van der Waals surface area (Å²) < 4.78 is -0.412. The Morgan fingerprint density at radius 2 is 2.11 bits per heavy atom. The minimum atomic E-state index is -0.412. The van der Waals surface area contributed by atoms with E-state index in [0.717, 1.165) is 18.5 Å². The lowest BCUT2D eigenvalue weighted by molar-refractivity contribution is 0.295. The number of para-hydroxylation sites is 1. The molecule has 1 aliphatic heterocycles. The van der Waals surface area contributed by atoms with Gasteiger partial charge in [-0.05, 0) is 32.5 Å². The molecule has 0 bridgehead atoms. The van der Waals surface area contributed by atoms with E-state index in [1.165, 1.54) is 17.4 Å². The number of hydrogen-bond donors (Lipinski definition) is 3. The molecule has 0 spiro atoms. The summed E-state index contributed by atoms with van der Waals surface area (Å²) in [4.78, 5) is 5.68. The second kappa shape index (κ2) is 4.51. The molecule has 2 aromatic rings. The molecule has 0 saturated carbocycles. The molecule has 1 fully saturated rings. The first-order valence-electron chi connectivity index (χ1n) is 6.32. The zero-order valence-electron chi connectivity index (χ0n) is 10.4. The molecule has 3 rings (SSSR count). The van der Waals surface area contributed by atoms with Crippen molar-refractivity contribution in [3.8, 4) is 0 Å². The van der Waals surface area contributed by atoms with E-state index in [1.54, 1.807) is 0 Å². The quantitative estimate of drug-likeness (QED) is 0.568. The molecule has 0 aliphatic carbocycles. The number of likely N-dealkylation sites (N-methyl/N-ethyl adjacent to an activating group) is 1. The Morgan fingerprint density at radius 3 is 2.83 bits per heavy atom. The maximum Gasteiger partial charge on any atom is 0.0979 e. The van der Waals surface area contributed by atoms with E-state index in [0.29, 0.717) is 6.04 Å². The van der Waals surface area contributed by atoms with Gasteiger partial charge in [0.2, 0.25) is 0 Å². The van der Waals surface area contributed by atoms with Gasteiger partial charge in [-0.25, -0.2) is 0 Å². The molecule has 2 nitrogen and oxygen atoms in total. The van der Waals surface area contributed by atoms with Gasteiger partial charge in [-0.15, -0.1) is 0 Å². The number of fused-ring (bicyclic) bond motifs is 1. The van der Waals surface area contributed by atoms with Crippen LogP contribution < -0.4 is 0 Å². The van der Waals surface area contributed by atoms with Crippen LogP contribution in [0.4, 0.5) is 0 Å². The van der Waals surface area contributed by atoms with Gasteiger partial charge in [0, 0.05) is 28.7 Å². The van der Waals surface area contributed by atoms with Gasteiger partial charge in [-0.3, -0.25) is 0 Å². The highest BCUT2D eigenvalue weighted by atomic mass is 32.2. The second-order valence-corrected chi connectivity index (χ2v) is 6.88. The van der Waals surface area contributed by atoms with Crippen LogP contribution in [-0.2, 0) is 4.08 Å². The summed E-state index contributed by atoms with van der Waals surface area (Å²) in [6.07, 6.45) is 4.44. The van der Waals surface area contributed by atoms with Gasteiger partial charge < -0.3 is 9.88 Å². The third kappa shape index (κ3) is 1.87. The smallest absolute Gasteiger partial charge is 0.0979 e. The molecule has 96 valence electrons. The molecule has 0 amide bonds. The Balaban J connectivity index is 2.07. The van der Waals surface area contributed by atoms with E-state index in [4.69, 9.17) is 25.3 Å². The Kier molecular flexibility index (Phi) is 3.12. The Morgan fingerprint density at radius 1 is 1.33 bits per heavy atom. The highest BCUT2D eigenvalue weighted by Crippen LogP contribution is 2.45. The zero-order chi connectivity index (χ0) is 12.8. The number of thiol groups is 2. The van der Waals surface area contributed by atoms with Crippen molar-refractivity contribution in [1.29, 1.82) is 0 Å². The molecule has 4 heteroatoms. The van der Waals surface area contributed by atoms with Gasteiger partial charge >= 0.3 is 0 Å². The molecular formula is C14H18N2S2. The van der Waals surface area contributed by atoms with E-state index in [-0.39, 0.29) is 0 Å². The van der Waals surface area contributed by atoms with Crippen LogP contribution in [0.5, 0.6) is 0 Å². The number of aromatic nitrogens is 1. The number of rotatable bonds is 2. The normalized spacial score (nSPS) is 21.8. The number of hydrogen-bond acceptors (Lipinski definition) is 3. The van der Waals surface area contributed by atoms with Crippen LogP contribution in [0, 0.1) is 0 Å². The standard InChI is InChI=1S/C14H18N2S2/c1-16-8-4-7-13(16)14(17,18)11-9-15-12-6-3-2-5-10(11)12/h2-3,5-6,9,13,15,17-18H,4,7-8H2,1H3/t13-/m0/s1. The Hall–Kier alpha value is -0.580. The summed E-state index contributed by atoms with van der Waals surface area (Å²) in [5.41, 5.74) is 2.34. The molecule has 1 aromatic heterocycles. The molecule has 0 radical (unpaired) electrons. The van der Waals surface area contributed by atoms with Crippen molar-refractivity contribution in [1.82, 2.24) is 9.88 Å². The number of nitrogens with one attached hydrogen (secondary N) is 1. The van der Waals surface area contributed by atoms with Gasteiger partial charge in [0.25, 0.3) is 0 Å². The SMILES string of the molecule is CN1CCC[C@H]1C(S)(S)c1c[nH]c2ccccc12. The third-order valence-corrected chi connectivity index (χ3v) is 5.05. The van der Waals surface area contributed by atoms with Crippen molar-refractivity contribution in [2.75, 3.05) is 13.6 Å². The number of nitrogens with zero attached hydrogens (tertiary/aromatic N) is 1. The topological polar surface area (TPSA) is 19.0 Å². The van der Waals surface area contributed by atoms with Crippen molar-refractivity contribution in [2.24, 2.45) is 0 Å². The van der Waals surface area contributed by atoms with Crippen molar-refractivity contribution in [2.45, 2.75) is 23.0 Å². The van der Waals surface area contributed by atoms with E-state index in [9.17, 15) is 0 Å². The highest BCUT2D eigenvalue weighted by molar-refractivity contribution is 7.99. The van der Waals surface area contributed by atoms with E-state index in [1.807, 2.05) is 6.07 Å². The van der Waals surface area contributed by atoms with E-state index in [2.05, 4.69) is 41.3 Å². The third-order valence-electron chi connectivity index (χ3n) is 3.97. The van der Waals surface area contributed by atoms with Crippen LogP contribution in [0.15, 0.2) is 30.5 Å². The zero-order valence-corrected chi connectivity index (χ0v) is 12.2. The van der Waals surface area contributed by atoms with Crippen molar-refractivity contribution in [3.05, 3.63) is 36.0 Å². The molecule has 1 aromatic carbocycles. The molecule has 1 N–H and O–H groups in total. The second-order valence-electron chi connectivity index (χ2n) is 5.11. The summed E-state index contributed by atoms with van der Waals surface area (Å²) in [5.74, 6) is 0. The van der Waals surface area contributed by atoms with Crippen molar-refractivity contribution in [3.63, 3.8) is 0 Å². The molecule has 1 saturated heterocycles. The Labute approximate surface area is 119 Å². The predicted molar refractivity (Wildman–Crippen MR) is 83.6 cm³/mol. The largest absolute Gasteiger partial charge is 0.361 e. The number of benzene rings is 1. The average molecular weight is 278 g/mol. The fourth-order valence-electron chi connectivity index (χ4n) is 2.97. The number of likely N-dealkylation sites (tertiary alicyclic amines) is 1. The van der Waals surface area contributed by atoms with Crippen LogP contribution in [0.1, 0.15) is 18.4 Å². The lowest BCUT2D eigenvalue weighted by Gasteiger charge is -2.34. The average Bonchev–Trinajstić information content (AvgIpc) is 2.95. The fraction of sp³-hybridized carbons (Fsp3) is 0.429. The maximum atomic E-state index is 4.88. The molecule has 1 aliphatic rings. The summed E-state index contributed by atoms with van der Waals surface area (Å²) in [5, 5.41) is 1.22. The first-order valence-corrected chi connectivity index (χ1v) is 7.21. The van der Waals surface area contributed by atoms with E-state index >= 15 is 0 Å². The lowest BCUT2D eigenvalue weighted by Crippen LogP contribution is -2.38. The number of H-pyrrole nitrogens is 1. The summed E-state index contributed by atoms with van der Waals surface area (Å²) in [6.45, 7) is 1.13. The van der Waals surface area contributed by atoms with Crippen molar-refractivity contribution < 1.29 is 0 Å². The summed E-state index contributed by atoms with van der Waals surface area (Å²) >= 11 is 9.75. The molecule has 18 heavy (non-hydrogen) atoms. The van der Waals surface area contributed by atoms with Crippen LogP contribution in [-0.4, -0.2) is 29.5 Å².